The largest absolute Gasteiger partial charge is 0.472 e. The van der Waals surface area contributed by atoms with Crippen molar-refractivity contribution >= 4 is 5.78 Å². The maximum atomic E-state index is 12.2. The summed E-state index contributed by atoms with van der Waals surface area (Å²) in [5.41, 5.74) is 7.12. The summed E-state index contributed by atoms with van der Waals surface area (Å²) in [5, 5.41) is 0. The zero-order chi connectivity index (χ0) is 11.1. The van der Waals surface area contributed by atoms with Gasteiger partial charge in [0.05, 0.1) is 12.5 Å². The highest BCUT2D eigenvalue weighted by molar-refractivity contribution is 5.84. The number of carbonyl (C=O) groups is 1. The Balaban J connectivity index is 1.71. The Morgan fingerprint density at radius 2 is 2.25 bits per heavy atom. The van der Waals surface area contributed by atoms with E-state index >= 15 is 0 Å². The number of hydrogen-bond donors (Lipinski definition) is 1. The standard InChI is InChI=1S/C13H17NO2/c14-13-10-2-1-9(6-10)12(13)11(15)5-8-3-4-16-7-8/h3-4,7,9-10,12-13H,1-2,5-6,14H2. The van der Waals surface area contributed by atoms with Crippen LogP contribution in [0.4, 0.5) is 0 Å². The van der Waals surface area contributed by atoms with Gasteiger partial charge in [-0.15, -0.1) is 0 Å². The Labute approximate surface area is 95.0 Å². The molecule has 0 radical (unpaired) electrons. The average molecular weight is 219 g/mol. The number of fused-ring (bicyclic) bond motifs is 2. The van der Waals surface area contributed by atoms with Crippen LogP contribution in [-0.2, 0) is 11.2 Å². The number of ketones is 1. The van der Waals surface area contributed by atoms with E-state index in [2.05, 4.69) is 0 Å². The van der Waals surface area contributed by atoms with Crippen LogP contribution in [-0.4, -0.2) is 11.8 Å². The Morgan fingerprint density at radius 3 is 2.88 bits per heavy atom. The summed E-state index contributed by atoms with van der Waals surface area (Å²) in [4.78, 5) is 12.2. The quantitative estimate of drug-likeness (QED) is 0.842. The Bertz CT molecular complexity index is 383. The fourth-order valence-electron chi connectivity index (χ4n) is 3.53. The van der Waals surface area contributed by atoms with Crippen LogP contribution in [0.5, 0.6) is 0 Å². The molecule has 86 valence electrons. The summed E-state index contributed by atoms with van der Waals surface area (Å²) in [6.07, 6.45) is 7.34. The van der Waals surface area contributed by atoms with Crippen molar-refractivity contribution in [1.82, 2.24) is 0 Å². The van der Waals surface area contributed by atoms with Crippen LogP contribution in [0.2, 0.25) is 0 Å². The van der Waals surface area contributed by atoms with Gasteiger partial charge < -0.3 is 10.2 Å². The number of rotatable bonds is 3. The van der Waals surface area contributed by atoms with Crippen molar-refractivity contribution in [2.45, 2.75) is 31.7 Å². The third-order valence-corrected chi connectivity index (χ3v) is 4.31. The summed E-state index contributed by atoms with van der Waals surface area (Å²) >= 11 is 0. The van der Waals surface area contributed by atoms with Crippen molar-refractivity contribution in [3.8, 4) is 0 Å². The molecule has 2 aliphatic rings. The summed E-state index contributed by atoms with van der Waals surface area (Å²) < 4.78 is 4.98. The predicted molar refractivity (Wildman–Crippen MR) is 59.7 cm³/mol. The normalized spacial score (nSPS) is 36.8. The molecule has 2 saturated carbocycles. The molecular weight excluding hydrogens is 202 g/mol. The molecule has 4 atom stereocenters. The van der Waals surface area contributed by atoms with E-state index in [0.29, 0.717) is 24.0 Å². The van der Waals surface area contributed by atoms with Crippen molar-refractivity contribution in [1.29, 1.82) is 0 Å². The van der Waals surface area contributed by atoms with E-state index in [9.17, 15) is 4.79 Å². The first-order valence-electron chi connectivity index (χ1n) is 6.05. The Kier molecular flexibility index (Phi) is 2.36. The average Bonchev–Trinajstić information content (AvgIpc) is 2.92. The zero-order valence-corrected chi connectivity index (χ0v) is 9.26. The molecule has 0 amide bonds. The van der Waals surface area contributed by atoms with Gasteiger partial charge >= 0.3 is 0 Å². The predicted octanol–water partition coefficient (Wildman–Crippen LogP) is 1.76. The second kappa shape index (κ2) is 3.74. The second-order valence-corrected chi connectivity index (χ2v) is 5.21. The van der Waals surface area contributed by atoms with Crippen LogP contribution in [0.1, 0.15) is 24.8 Å². The van der Waals surface area contributed by atoms with E-state index in [1.165, 1.54) is 19.3 Å². The monoisotopic (exact) mass is 219 g/mol. The first-order chi connectivity index (χ1) is 7.75. The third-order valence-electron chi connectivity index (χ3n) is 4.31. The Hall–Kier alpha value is -1.09. The third kappa shape index (κ3) is 1.50. The highest BCUT2D eigenvalue weighted by Crippen LogP contribution is 2.48. The SMILES string of the molecule is NC1C2CCC(C2)C1C(=O)Cc1ccoc1. The topological polar surface area (TPSA) is 56.2 Å². The smallest absolute Gasteiger partial charge is 0.142 e. The van der Waals surface area contributed by atoms with Gasteiger partial charge in [0.15, 0.2) is 0 Å². The molecule has 16 heavy (non-hydrogen) atoms. The summed E-state index contributed by atoms with van der Waals surface area (Å²) in [6.45, 7) is 0. The molecule has 0 aromatic carbocycles. The Morgan fingerprint density at radius 1 is 1.44 bits per heavy atom. The molecule has 1 aromatic heterocycles. The van der Waals surface area contributed by atoms with Crippen LogP contribution in [0, 0.1) is 17.8 Å². The summed E-state index contributed by atoms with van der Waals surface area (Å²) in [5.74, 6) is 1.57. The molecule has 3 rings (SSSR count). The minimum absolute atomic E-state index is 0.105. The number of furan rings is 1. The summed E-state index contributed by atoms with van der Waals surface area (Å²) in [7, 11) is 0. The van der Waals surface area contributed by atoms with Gasteiger partial charge in [-0.05, 0) is 42.7 Å². The van der Waals surface area contributed by atoms with Crippen LogP contribution in [0.25, 0.3) is 0 Å². The molecule has 3 nitrogen and oxygen atoms in total. The van der Waals surface area contributed by atoms with Crippen molar-refractivity contribution in [3.63, 3.8) is 0 Å². The van der Waals surface area contributed by atoms with Gasteiger partial charge in [0, 0.05) is 18.4 Å². The zero-order valence-electron chi connectivity index (χ0n) is 9.26. The maximum absolute atomic E-state index is 12.2. The van der Waals surface area contributed by atoms with Crippen molar-refractivity contribution in [3.05, 3.63) is 24.2 Å². The van der Waals surface area contributed by atoms with Gasteiger partial charge in [-0.2, -0.15) is 0 Å². The van der Waals surface area contributed by atoms with E-state index in [0.717, 1.165) is 5.56 Å². The van der Waals surface area contributed by atoms with Crippen LogP contribution in [0.3, 0.4) is 0 Å². The minimum Gasteiger partial charge on any atom is -0.472 e. The lowest BCUT2D eigenvalue weighted by Crippen LogP contribution is -2.40. The first-order valence-corrected chi connectivity index (χ1v) is 6.05. The molecule has 2 aliphatic carbocycles. The molecule has 0 spiro atoms. The number of Topliss-reactive ketones (excluding diaryl/α,β-unsaturated/α-hetero) is 1. The number of nitrogens with two attached hydrogens (primary N) is 1. The number of carbonyl (C=O) groups excluding carboxylic acids is 1. The molecule has 2 fully saturated rings. The van der Waals surface area contributed by atoms with Gasteiger partial charge in [0.25, 0.3) is 0 Å². The van der Waals surface area contributed by atoms with Crippen LogP contribution >= 0.6 is 0 Å². The van der Waals surface area contributed by atoms with E-state index in [4.69, 9.17) is 10.2 Å². The summed E-state index contributed by atoms with van der Waals surface area (Å²) in [6, 6.07) is 1.97. The van der Waals surface area contributed by atoms with E-state index in [1.807, 2.05) is 6.07 Å². The molecular formula is C13H17NO2. The van der Waals surface area contributed by atoms with Gasteiger partial charge in [-0.1, -0.05) is 0 Å². The lowest BCUT2D eigenvalue weighted by molar-refractivity contribution is -0.124. The molecule has 3 heteroatoms. The van der Waals surface area contributed by atoms with Crippen molar-refractivity contribution < 1.29 is 9.21 Å². The highest BCUT2D eigenvalue weighted by atomic mass is 16.3. The molecule has 0 saturated heterocycles. The fraction of sp³-hybridized carbons (Fsp3) is 0.615. The molecule has 1 heterocycles. The maximum Gasteiger partial charge on any atom is 0.142 e. The van der Waals surface area contributed by atoms with Crippen LogP contribution < -0.4 is 5.73 Å². The van der Waals surface area contributed by atoms with Gasteiger partial charge in [0.2, 0.25) is 0 Å². The van der Waals surface area contributed by atoms with Gasteiger partial charge in [0.1, 0.15) is 5.78 Å². The fourth-order valence-corrected chi connectivity index (χ4v) is 3.53. The second-order valence-electron chi connectivity index (χ2n) is 5.21. The van der Waals surface area contributed by atoms with E-state index < -0.39 is 0 Å². The highest BCUT2D eigenvalue weighted by Gasteiger charge is 2.48. The molecule has 2 N–H and O–H groups in total. The van der Waals surface area contributed by atoms with Crippen molar-refractivity contribution in [2.75, 3.05) is 0 Å². The first kappa shape index (κ1) is 10.1. The minimum atomic E-state index is 0.105. The van der Waals surface area contributed by atoms with Crippen molar-refractivity contribution in [2.24, 2.45) is 23.5 Å². The van der Waals surface area contributed by atoms with Gasteiger partial charge in [-0.25, -0.2) is 0 Å². The molecule has 1 aromatic rings. The molecule has 0 aliphatic heterocycles. The van der Waals surface area contributed by atoms with E-state index in [1.54, 1.807) is 12.5 Å². The number of hydrogen-bond acceptors (Lipinski definition) is 3. The lowest BCUT2D eigenvalue weighted by atomic mass is 9.80. The molecule has 4 unspecified atom stereocenters. The molecule has 2 bridgehead atoms. The lowest BCUT2D eigenvalue weighted by Gasteiger charge is -2.26. The van der Waals surface area contributed by atoms with Crippen LogP contribution in [0.15, 0.2) is 23.0 Å². The van der Waals surface area contributed by atoms with Gasteiger partial charge in [-0.3, -0.25) is 4.79 Å². The van der Waals surface area contributed by atoms with E-state index in [-0.39, 0.29) is 12.0 Å².